The van der Waals surface area contributed by atoms with Crippen LogP contribution in [-0.4, -0.2) is 32.6 Å². The van der Waals surface area contributed by atoms with Gasteiger partial charge >= 0.3 is 0 Å². The Morgan fingerprint density at radius 3 is 3.00 bits per heavy atom. The SMILES string of the molecule is CSCCc1nnc(SCC#N)n1N. The van der Waals surface area contributed by atoms with Crippen LogP contribution in [0.2, 0.25) is 0 Å². The maximum atomic E-state index is 8.39. The minimum absolute atomic E-state index is 0.345. The number of hydrogen-bond acceptors (Lipinski definition) is 6. The van der Waals surface area contributed by atoms with Crippen molar-refractivity contribution < 1.29 is 0 Å². The van der Waals surface area contributed by atoms with E-state index in [-0.39, 0.29) is 0 Å². The van der Waals surface area contributed by atoms with E-state index < -0.39 is 0 Å². The molecule has 2 N–H and O–H groups in total. The molecular weight excluding hydrogens is 218 g/mol. The molecule has 1 rings (SSSR count). The summed E-state index contributed by atoms with van der Waals surface area (Å²) in [5.41, 5.74) is 0. The predicted molar refractivity (Wildman–Crippen MR) is 58.6 cm³/mol. The van der Waals surface area contributed by atoms with Crippen molar-refractivity contribution in [2.75, 3.05) is 23.6 Å². The lowest BCUT2D eigenvalue weighted by Crippen LogP contribution is -2.14. The van der Waals surface area contributed by atoms with E-state index in [1.54, 1.807) is 11.8 Å². The number of aromatic nitrogens is 3. The molecule has 7 heteroatoms. The Balaban J connectivity index is 2.61. The average Bonchev–Trinajstić information content (AvgIpc) is 2.54. The van der Waals surface area contributed by atoms with Gasteiger partial charge in [0.15, 0.2) is 5.82 Å². The number of rotatable bonds is 5. The molecule has 0 saturated carbocycles. The van der Waals surface area contributed by atoms with Crippen LogP contribution in [0.4, 0.5) is 0 Å². The third-order valence-corrected chi connectivity index (χ3v) is 2.95. The van der Waals surface area contributed by atoms with Crippen LogP contribution in [-0.2, 0) is 6.42 Å². The zero-order chi connectivity index (χ0) is 10.4. The van der Waals surface area contributed by atoms with Crippen molar-refractivity contribution in [3.63, 3.8) is 0 Å². The van der Waals surface area contributed by atoms with Gasteiger partial charge < -0.3 is 5.84 Å². The third kappa shape index (κ3) is 2.82. The Bertz CT molecular complexity index is 329. The van der Waals surface area contributed by atoms with Crippen LogP contribution < -0.4 is 5.84 Å². The Hall–Kier alpha value is -0.870. The average molecular weight is 229 g/mol. The monoisotopic (exact) mass is 229 g/mol. The van der Waals surface area contributed by atoms with E-state index in [4.69, 9.17) is 11.1 Å². The number of nitrogens with zero attached hydrogens (tertiary/aromatic N) is 4. The quantitative estimate of drug-likeness (QED) is 0.585. The Morgan fingerprint density at radius 2 is 2.36 bits per heavy atom. The van der Waals surface area contributed by atoms with Gasteiger partial charge in [-0.3, -0.25) is 0 Å². The molecular formula is C7H11N5S2. The predicted octanol–water partition coefficient (Wildman–Crippen LogP) is 0.513. The summed E-state index contributed by atoms with van der Waals surface area (Å²) in [5, 5.41) is 16.8. The molecule has 0 bridgehead atoms. The van der Waals surface area contributed by atoms with Gasteiger partial charge in [-0.25, -0.2) is 4.68 Å². The number of nitriles is 1. The van der Waals surface area contributed by atoms with E-state index in [0.717, 1.165) is 18.0 Å². The van der Waals surface area contributed by atoms with E-state index in [1.807, 2.05) is 12.3 Å². The first-order valence-corrected chi connectivity index (χ1v) is 6.35. The van der Waals surface area contributed by atoms with E-state index in [0.29, 0.717) is 10.9 Å². The molecule has 1 aromatic heterocycles. The van der Waals surface area contributed by atoms with Gasteiger partial charge in [0.1, 0.15) is 0 Å². The zero-order valence-corrected chi connectivity index (χ0v) is 9.44. The molecule has 0 saturated heterocycles. The fourth-order valence-corrected chi connectivity index (χ4v) is 1.79. The van der Waals surface area contributed by atoms with Gasteiger partial charge in [-0.2, -0.15) is 17.0 Å². The number of nitrogen functional groups attached to an aromatic ring is 1. The lowest BCUT2D eigenvalue weighted by molar-refractivity contribution is 0.799. The molecule has 0 radical (unpaired) electrons. The molecule has 76 valence electrons. The highest BCUT2D eigenvalue weighted by molar-refractivity contribution is 7.99. The van der Waals surface area contributed by atoms with Crippen molar-refractivity contribution in [2.24, 2.45) is 0 Å². The van der Waals surface area contributed by atoms with Crippen molar-refractivity contribution in [1.82, 2.24) is 14.9 Å². The summed E-state index contributed by atoms with van der Waals surface area (Å²) < 4.78 is 1.46. The van der Waals surface area contributed by atoms with E-state index in [2.05, 4.69) is 10.2 Å². The molecule has 0 aliphatic carbocycles. The molecule has 1 heterocycles. The van der Waals surface area contributed by atoms with Crippen LogP contribution in [0.15, 0.2) is 5.16 Å². The van der Waals surface area contributed by atoms with Crippen LogP contribution >= 0.6 is 23.5 Å². The standard InChI is InChI=1S/C7H11N5S2/c1-13-4-2-6-10-11-7(12(6)9)14-5-3-8/h2,4-5,9H2,1H3. The van der Waals surface area contributed by atoms with Crippen LogP contribution in [0.25, 0.3) is 0 Å². The maximum Gasteiger partial charge on any atom is 0.210 e. The summed E-state index contributed by atoms with van der Waals surface area (Å²) >= 11 is 3.03. The van der Waals surface area contributed by atoms with Crippen molar-refractivity contribution in [3.8, 4) is 6.07 Å². The summed E-state index contributed by atoms with van der Waals surface area (Å²) in [4.78, 5) is 0. The Morgan fingerprint density at radius 1 is 1.57 bits per heavy atom. The summed E-state index contributed by atoms with van der Waals surface area (Å²) in [5.74, 6) is 7.82. The number of hydrogen-bond donors (Lipinski definition) is 1. The van der Waals surface area contributed by atoms with Crippen molar-refractivity contribution in [2.45, 2.75) is 11.6 Å². The first-order valence-electron chi connectivity index (χ1n) is 3.97. The Kier molecular flexibility index (Phi) is 4.62. The molecule has 14 heavy (non-hydrogen) atoms. The largest absolute Gasteiger partial charge is 0.336 e. The summed E-state index contributed by atoms with van der Waals surface area (Å²) in [6, 6.07) is 2.02. The lowest BCUT2D eigenvalue weighted by atomic mass is 10.5. The fourth-order valence-electron chi connectivity index (χ4n) is 0.866. The fraction of sp³-hybridized carbons (Fsp3) is 0.571. The molecule has 0 amide bonds. The zero-order valence-electron chi connectivity index (χ0n) is 7.80. The number of nitrogens with two attached hydrogens (primary N) is 1. The molecule has 1 aromatic rings. The summed E-state index contributed by atoms with van der Waals surface area (Å²) in [6.07, 6.45) is 2.83. The van der Waals surface area contributed by atoms with E-state index in [9.17, 15) is 0 Å². The van der Waals surface area contributed by atoms with Crippen molar-refractivity contribution in [1.29, 1.82) is 5.26 Å². The van der Waals surface area contributed by atoms with Crippen LogP contribution in [0, 0.1) is 11.3 Å². The molecule has 0 spiro atoms. The highest BCUT2D eigenvalue weighted by Crippen LogP contribution is 2.14. The summed E-state index contributed by atoms with van der Waals surface area (Å²) in [7, 11) is 0. The van der Waals surface area contributed by atoms with Crippen molar-refractivity contribution in [3.05, 3.63) is 5.82 Å². The highest BCUT2D eigenvalue weighted by Gasteiger charge is 2.08. The Labute approximate surface area is 91.0 Å². The highest BCUT2D eigenvalue weighted by atomic mass is 32.2. The third-order valence-electron chi connectivity index (χ3n) is 1.53. The van der Waals surface area contributed by atoms with Gasteiger partial charge in [0.2, 0.25) is 5.16 Å². The van der Waals surface area contributed by atoms with Crippen LogP contribution in [0.5, 0.6) is 0 Å². The van der Waals surface area contributed by atoms with Crippen LogP contribution in [0.3, 0.4) is 0 Å². The summed E-state index contributed by atoms with van der Waals surface area (Å²) in [6.45, 7) is 0. The van der Waals surface area contributed by atoms with Crippen LogP contribution in [0.1, 0.15) is 5.82 Å². The topological polar surface area (TPSA) is 80.5 Å². The molecule has 5 nitrogen and oxygen atoms in total. The normalized spacial score (nSPS) is 10.0. The molecule has 0 aromatic carbocycles. The second-order valence-corrected chi connectivity index (χ2v) is 4.39. The lowest BCUT2D eigenvalue weighted by Gasteiger charge is -2.00. The molecule has 0 atom stereocenters. The van der Waals surface area contributed by atoms with Gasteiger partial charge in [-0.15, -0.1) is 10.2 Å². The first-order chi connectivity index (χ1) is 6.79. The molecule has 0 fully saturated rings. The maximum absolute atomic E-state index is 8.39. The minimum atomic E-state index is 0.345. The van der Waals surface area contributed by atoms with Crippen molar-refractivity contribution >= 4 is 23.5 Å². The second kappa shape index (κ2) is 5.78. The van der Waals surface area contributed by atoms with Gasteiger partial charge in [0, 0.05) is 12.2 Å². The van der Waals surface area contributed by atoms with Gasteiger partial charge in [0.05, 0.1) is 11.8 Å². The van der Waals surface area contributed by atoms with Gasteiger partial charge in [-0.05, 0) is 6.26 Å². The first kappa shape index (κ1) is 11.2. The number of aryl methyl sites for hydroxylation is 1. The second-order valence-electron chi connectivity index (χ2n) is 2.46. The smallest absolute Gasteiger partial charge is 0.210 e. The number of thioether (sulfide) groups is 2. The van der Waals surface area contributed by atoms with Gasteiger partial charge in [-0.1, -0.05) is 11.8 Å². The van der Waals surface area contributed by atoms with E-state index >= 15 is 0 Å². The molecule has 0 aliphatic rings. The molecule has 0 aliphatic heterocycles. The minimum Gasteiger partial charge on any atom is -0.336 e. The van der Waals surface area contributed by atoms with Gasteiger partial charge in [0.25, 0.3) is 0 Å². The molecule has 0 unspecified atom stereocenters. The van der Waals surface area contributed by atoms with E-state index in [1.165, 1.54) is 16.4 Å².